The Morgan fingerprint density at radius 2 is 1.95 bits per heavy atom. The summed E-state index contributed by atoms with van der Waals surface area (Å²) in [4.78, 5) is 0. The molecule has 0 atom stereocenters. The third kappa shape index (κ3) is 5.01. The molecule has 0 spiro atoms. The smallest absolute Gasteiger partial charge is 0.277 e. The number of nitrogens with two attached hydrogens (primary N) is 1. The maximum Gasteiger partial charge on any atom is 0.277 e. The molecule has 1 fully saturated rings. The van der Waals surface area contributed by atoms with Crippen LogP contribution in [0.25, 0.3) is 0 Å². The Morgan fingerprint density at radius 1 is 1.26 bits per heavy atom. The second-order valence-corrected chi connectivity index (χ2v) is 5.95. The van der Waals surface area contributed by atoms with Crippen molar-refractivity contribution in [2.24, 2.45) is 5.73 Å². The molecule has 0 saturated heterocycles. The molecule has 0 amide bonds. The molecule has 0 aromatic heterocycles. The predicted molar refractivity (Wildman–Crippen MR) is 74.3 cm³/mol. The van der Waals surface area contributed by atoms with Crippen LogP contribution in [0.4, 0.5) is 0 Å². The van der Waals surface area contributed by atoms with Gasteiger partial charge in [-0.1, -0.05) is 24.0 Å². The largest absolute Gasteiger partial charge is 0.320 e. The first kappa shape index (κ1) is 14.0. The summed E-state index contributed by atoms with van der Waals surface area (Å²) in [6.07, 6.45) is 1.85. The van der Waals surface area contributed by atoms with Gasteiger partial charge in [-0.2, -0.15) is 17.9 Å². The van der Waals surface area contributed by atoms with Gasteiger partial charge in [0.05, 0.1) is 6.54 Å². The molecule has 0 heterocycles. The lowest BCUT2D eigenvalue weighted by molar-refractivity contribution is 0.565. The van der Waals surface area contributed by atoms with Gasteiger partial charge in [-0.15, -0.1) is 0 Å². The zero-order valence-corrected chi connectivity index (χ0v) is 11.3. The third-order valence-electron chi connectivity index (χ3n) is 2.65. The van der Waals surface area contributed by atoms with Crippen LogP contribution >= 0.6 is 0 Å². The molecule has 6 heteroatoms. The molecule has 5 nitrogen and oxygen atoms in total. The molecule has 2 rings (SSSR count). The van der Waals surface area contributed by atoms with Gasteiger partial charge in [-0.3, -0.25) is 0 Å². The fourth-order valence-electron chi connectivity index (χ4n) is 1.50. The normalized spacial score (nSPS) is 14.8. The SMILES string of the molecule is NCC#Cc1ccc(CNS(=O)(=O)NC2CC2)cc1. The Morgan fingerprint density at radius 3 is 2.53 bits per heavy atom. The molecule has 0 unspecified atom stereocenters. The van der Waals surface area contributed by atoms with E-state index in [4.69, 9.17) is 5.73 Å². The van der Waals surface area contributed by atoms with Crippen LogP contribution < -0.4 is 15.2 Å². The molecule has 0 radical (unpaired) electrons. The Balaban J connectivity index is 1.88. The van der Waals surface area contributed by atoms with Gasteiger partial charge in [-0.25, -0.2) is 0 Å². The monoisotopic (exact) mass is 279 g/mol. The second kappa shape index (κ2) is 6.17. The van der Waals surface area contributed by atoms with E-state index in [1.54, 1.807) is 0 Å². The van der Waals surface area contributed by atoms with Gasteiger partial charge < -0.3 is 5.73 Å². The maximum absolute atomic E-state index is 11.6. The molecule has 102 valence electrons. The first-order valence-electron chi connectivity index (χ1n) is 6.14. The first-order chi connectivity index (χ1) is 9.09. The standard InChI is InChI=1S/C13H17N3O2S/c14-9-1-2-11-3-5-12(6-4-11)10-15-19(17,18)16-13-7-8-13/h3-6,13,15-16H,7-10,14H2. The van der Waals surface area contributed by atoms with Crippen LogP contribution in [0.1, 0.15) is 24.0 Å². The highest BCUT2D eigenvalue weighted by atomic mass is 32.2. The van der Waals surface area contributed by atoms with E-state index >= 15 is 0 Å². The Hall–Kier alpha value is -1.39. The van der Waals surface area contributed by atoms with Crippen LogP contribution in [-0.4, -0.2) is 21.0 Å². The van der Waals surface area contributed by atoms with Gasteiger partial charge >= 0.3 is 0 Å². The zero-order valence-electron chi connectivity index (χ0n) is 10.5. The molecule has 0 aliphatic heterocycles. The quantitative estimate of drug-likeness (QED) is 0.668. The van der Waals surface area contributed by atoms with Crippen LogP contribution in [0, 0.1) is 11.8 Å². The van der Waals surface area contributed by atoms with Crippen molar-refractivity contribution in [3.8, 4) is 11.8 Å². The highest BCUT2D eigenvalue weighted by molar-refractivity contribution is 7.87. The Kier molecular flexibility index (Phi) is 4.56. The molecule has 1 aromatic carbocycles. The third-order valence-corrected chi connectivity index (χ3v) is 3.82. The maximum atomic E-state index is 11.6. The van der Waals surface area contributed by atoms with Gasteiger partial charge in [0, 0.05) is 18.2 Å². The summed E-state index contributed by atoms with van der Waals surface area (Å²) in [6.45, 7) is 0.598. The highest BCUT2D eigenvalue weighted by Crippen LogP contribution is 2.19. The van der Waals surface area contributed by atoms with Crippen molar-refractivity contribution in [1.82, 2.24) is 9.44 Å². The summed E-state index contributed by atoms with van der Waals surface area (Å²) in [6, 6.07) is 7.51. The van der Waals surface area contributed by atoms with Gasteiger partial charge in [0.15, 0.2) is 0 Å². The van der Waals surface area contributed by atoms with Crippen LogP contribution in [0.3, 0.4) is 0 Å². The van der Waals surface area contributed by atoms with Gasteiger partial charge in [0.2, 0.25) is 0 Å². The lowest BCUT2D eigenvalue weighted by atomic mass is 10.1. The van der Waals surface area contributed by atoms with E-state index in [1.807, 2.05) is 24.3 Å². The summed E-state index contributed by atoms with van der Waals surface area (Å²) in [7, 11) is -3.39. The van der Waals surface area contributed by atoms with Crippen LogP contribution in [-0.2, 0) is 16.8 Å². The lowest BCUT2D eigenvalue weighted by Crippen LogP contribution is -2.37. The topological polar surface area (TPSA) is 84.2 Å². The molecule has 0 bridgehead atoms. The minimum atomic E-state index is -3.39. The molecule has 4 N–H and O–H groups in total. The number of benzene rings is 1. The van der Waals surface area contributed by atoms with Crippen molar-refractivity contribution in [2.45, 2.75) is 25.4 Å². The molecule has 1 aromatic rings. The number of nitrogens with one attached hydrogen (secondary N) is 2. The van der Waals surface area contributed by atoms with Crippen molar-refractivity contribution in [3.05, 3.63) is 35.4 Å². The fourth-order valence-corrected chi connectivity index (χ4v) is 2.61. The van der Waals surface area contributed by atoms with Crippen molar-refractivity contribution >= 4 is 10.2 Å². The summed E-state index contributed by atoms with van der Waals surface area (Å²) < 4.78 is 28.3. The minimum Gasteiger partial charge on any atom is -0.320 e. The van der Waals surface area contributed by atoms with E-state index in [0.29, 0.717) is 6.54 Å². The average Bonchev–Trinajstić information content (AvgIpc) is 3.18. The molecule has 1 aliphatic carbocycles. The number of rotatable bonds is 5. The molecular formula is C13H17N3O2S. The summed E-state index contributed by atoms with van der Waals surface area (Å²) in [5, 5.41) is 0. The van der Waals surface area contributed by atoms with Crippen LogP contribution in [0.5, 0.6) is 0 Å². The lowest BCUT2D eigenvalue weighted by Gasteiger charge is -2.07. The van der Waals surface area contributed by atoms with E-state index < -0.39 is 10.2 Å². The fraction of sp³-hybridized carbons (Fsp3) is 0.385. The van der Waals surface area contributed by atoms with Gasteiger partial charge in [0.25, 0.3) is 10.2 Å². The summed E-state index contributed by atoms with van der Waals surface area (Å²) in [5.41, 5.74) is 7.05. The van der Waals surface area contributed by atoms with Crippen molar-refractivity contribution in [3.63, 3.8) is 0 Å². The van der Waals surface area contributed by atoms with Crippen molar-refractivity contribution in [1.29, 1.82) is 0 Å². The van der Waals surface area contributed by atoms with Crippen LogP contribution in [0.2, 0.25) is 0 Å². The van der Waals surface area contributed by atoms with E-state index in [0.717, 1.165) is 24.0 Å². The predicted octanol–water partition coefficient (Wildman–Crippen LogP) is 0.0832. The van der Waals surface area contributed by atoms with Crippen molar-refractivity contribution < 1.29 is 8.42 Å². The Bertz CT molecular complexity index is 581. The van der Waals surface area contributed by atoms with E-state index in [2.05, 4.69) is 21.3 Å². The van der Waals surface area contributed by atoms with Gasteiger partial charge in [-0.05, 0) is 30.5 Å². The molecular weight excluding hydrogens is 262 g/mol. The van der Waals surface area contributed by atoms with Gasteiger partial charge in [0.1, 0.15) is 0 Å². The summed E-state index contributed by atoms with van der Waals surface area (Å²) >= 11 is 0. The second-order valence-electron chi connectivity index (χ2n) is 4.42. The average molecular weight is 279 g/mol. The number of hydrogen-bond donors (Lipinski definition) is 3. The van der Waals surface area contributed by atoms with E-state index in [9.17, 15) is 8.42 Å². The summed E-state index contributed by atoms with van der Waals surface area (Å²) in [5.74, 6) is 5.68. The zero-order chi connectivity index (χ0) is 13.7. The minimum absolute atomic E-state index is 0.117. The van der Waals surface area contributed by atoms with Crippen LogP contribution in [0.15, 0.2) is 24.3 Å². The molecule has 1 aliphatic rings. The Labute approximate surface area is 113 Å². The molecule has 1 saturated carbocycles. The first-order valence-corrected chi connectivity index (χ1v) is 7.62. The van der Waals surface area contributed by atoms with E-state index in [1.165, 1.54) is 0 Å². The number of hydrogen-bond acceptors (Lipinski definition) is 3. The van der Waals surface area contributed by atoms with Crippen molar-refractivity contribution in [2.75, 3.05) is 6.54 Å². The van der Waals surface area contributed by atoms with E-state index in [-0.39, 0.29) is 12.6 Å². The molecule has 19 heavy (non-hydrogen) atoms. The highest BCUT2D eigenvalue weighted by Gasteiger charge is 2.26.